The number of benzene rings is 2. The van der Waals surface area contributed by atoms with E-state index in [0.717, 1.165) is 11.1 Å². The van der Waals surface area contributed by atoms with Gasteiger partial charge in [-0.05, 0) is 29.8 Å². The molecule has 0 unspecified atom stereocenters. The lowest BCUT2D eigenvalue weighted by Crippen LogP contribution is -2.24. The SMILES string of the molecule is O=C(Cc1coc(-c2ccccc2)n1)NCc1ccc(F)cc1. The topological polar surface area (TPSA) is 55.1 Å². The fourth-order valence-corrected chi connectivity index (χ4v) is 2.13. The van der Waals surface area contributed by atoms with Gasteiger partial charge in [0.2, 0.25) is 11.8 Å². The van der Waals surface area contributed by atoms with Gasteiger partial charge in [-0.2, -0.15) is 0 Å². The molecule has 116 valence electrons. The first-order chi connectivity index (χ1) is 11.2. The number of carbonyl (C=O) groups excluding carboxylic acids is 1. The monoisotopic (exact) mass is 310 g/mol. The molecule has 0 aliphatic carbocycles. The van der Waals surface area contributed by atoms with Crippen LogP contribution in [0.2, 0.25) is 0 Å². The lowest BCUT2D eigenvalue weighted by molar-refractivity contribution is -0.120. The second-order valence-corrected chi connectivity index (χ2v) is 5.09. The van der Waals surface area contributed by atoms with Crippen molar-refractivity contribution in [2.45, 2.75) is 13.0 Å². The van der Waals surface area contributed by atoms with E-state index in [9.17, 15) is 9.18 Å². The number of aromatic nitrogens is 1. The Labute approximate surface area is 133 Å². The van der Waals surface area contributed by atoms with Crippen LogP contribution in [-0.4, -0.2) is 10.9 Å². The first kappa shape index (κ1) is 15.0. The maximum absolute atomic E-state index is 12.8. The number of hydrogen-bond donors (Lipinski definition) is 1. The number of hydrogen-bond acceptors (Lipinski definition) is 3. The third kappa shape index (κ3) is 4.03. The smallest absolute Gasteiger partial charge is 0.226 e. The van der Waals surface area contributed by atoms with Crippen molar-refractivity contribution in [2.24, 2.45) is 0 Å². The Balaban J connectivity index is 1.56. The molecule has 1 aromatic heterocycles. The molecule has 0 fully saturated rings. The van der Waals surface area contributed by atoms with Gasteiger partial charge in [0.25, 0.3) is 0 Å². The molecule has 0 bridgehead atoms. The van der Waals surface area contributed by atoms with Crippen LogP contribution in [0, 0.1) is 5.82 Å². The number of halogens is 1. The fourth-order valence-electron chi connectivity index (χ4n) is 2.13. The van der Waals surface area contributed by atoms with Gasteiger partial charge >= 0.3 is 0 Å². The fraction of sp³-hybridized carbons (Fsp3) is 0.111. The van der Waals surface area contributed by atoms with Gasteiger partial charge < -0.3 is 9.73 Å². The van der Waals surface area contributed by atoms with Gasteiger partial charge in [0.05, 0.1) is 12.1 Å². The minimum Gasteiger partial charge on any atom is -0.444 e. The summed E-state index contributed by atoms with van der Waals surface area (Å²) in [6, 6.07) is 15.5. The van der Waals surface area contributed by atoms with Gasteiger partial charge in [-0.3, -0.25) is 4.79 Å². The molecule has 0 aliphatic heterocycles. The van der Waals surface area contributed by atoms with Crippen LogP contribution < -0.4 is 5.32 Å². The summed E-state index contributed by atoms with van der Waals surface area (Å²) in [6.45, 7) is 0.350. The summed E-state index contributed by atoms with van der Waals surface area (Å²) in [5, 5.41) is 2.77. The number of nitrogens with zero attached hydrogens (tertiary/aromatic N) is 1. The molecule has 0 saturated carbocycles. The van der Waals surface area contributed by atoms with Crippen molar-refractivity contribution >= 4 is 5.91 Å². The second kappa shape index (κ2) is 6.87. The molecule has 0 spiro atoms. The summed E-state index contributed by atoms with van der Waals surface area (Å²) >= 11 is 0. The number of oxazole rings is 1. The largest absolute Gasteiger partial charge is 0.444 e. The van der Waals surface area contributed by atoms with Gasteiger partial charge in [0.1, 0.15) is 12.1 Å². The molecule has 0 atom stereocenters. The highest BCUT2D eigenvalue weighted by Gasteiger charge is 2.10. The summed E-state index contributed by atoms with van der Waals surface area (Å²) in [5.74, 6) is 0.0327. The molecule has 3 rings (SSSR count). The van der Waals surface area contributed by atoms with Crippen LogP contribution >= 0.6 is 0 Å². The van der Waals surface area contributed by atoms with Gasteiger partial charge in [0.15, 0.2) is 0 Å². The van der Waals surface area contributed by atoms with Crippen molar-refractivity contribution in [3.8, 4) is 11.5 Å². The van der Waals surface area contributed by atoms with Crippen LogP contribution in [0.15, 0.2) is 65.3 Å². The molecule has 0 aliphatic rings. The molecule has 0 radical (unpaired) electrons. The van der Waals surface area contributed by atoms with Crippen LogP contribution in [0.3, 0.4) is 0 Å². The molecule has 4 nitrogen and oxygen atoms in total. The standard InChI is InChI=1S/C18H15FN2O2/c19-15-8-6-13(7-9-15)11-20-17(22)10-16-12-23-18(21-16)14-4-2-1-3-5-14/h1-9,12H,10-11H2,(H,20,22). The van der Waals surface area contributed by atoms with Crippen LogP contribution in [-0.2, 0) is 17.8 Å². The van der Waals surface area contributed by atoms with Crippen LogP contribution in [0.1, 0.15) is 11.3 Å². The zero-order valence-electron chi connectivity index (χ0n) is 12.3. The van der Waals surface area contributed by atoms with E-state index in [4.69, 9.17) is 4.42 Å². The van der Waals surface area contributed by atoms with E-state index in [1.165, 1.54) is 18.4 Å². The Hall–Kier alpha value is -2.95. The van der Waals surface area contributed by atoms with Crippen molar-refractivity contribution in [1.82, 2.24) is 10.3 Å². The van der Waals surface area contributed by atoms with Crippen molar-refractivity contribution in [1.29, 1.82) is 0 Å². The average molecular weight is 310 g/mol. The number of nitrogens with one attached hydrogen (secondary N) is 1. The minimum absolute atomic E-state index is 0.136. The van der Waals surface area contributed by atoms with E-state index in [1.807, 2.05) is 30.3 Å². The van der Waals surface area contributed by atoms with E-state index < -0.39 is 0 Å². The summed E-state index contributed by atoms with van der Waals surface area (Å²) in [6.07, 6.45) is 1.62. The molecule has 1 heterocycles. The Morgan fingerprint density at radius 3 is 2.57 bits per heavy atom. The zero-order chi connectivity index (χ0) is 16.1. The predicted octanol–water partition coefficient (Wildman–Crippen LogP) is 3.34. The Morgan fingerprint density at radius 1 is 1.09 bits per heavy atom. The minimum atomic E-state index is -0.295. The van der Waals surface area contributed by atoms with E-state index >= 15 is 0 Å². The van der Waals surface area contributed by atoms with Crippen LogP contribution in [0.25, 0.3) is 11.5 Å². The van der Waals surface area contributed by atoms with E-state index in [-0.39, 0.29) is 18.1 Å². The number of amides is 1. The Bertz CT molecular complexity index is 782. The summed E-state index contributed by atoms with van der Waals surface area (Å²) in [4.78, 5) is 16.2. The highest BCUT2D eigenvalue weighted by Crippen LogP contribution is 2.18. The van der Waals surface area contributed by atoms with Crippen LogP contribution in [0.5, 0.6) is 0 Å². The van der Waals surface area contributed by atoms with Crippen LogP contribution in [0.4, 0.5) is 4.39 Å². The maximum Gasteiger partial charge on any atom is 0.226 e. The first-order valence-corrected chi connectivity index (χ1v) is 7.22. The van der Waals surface area contributed by atoms with Gasteiger partial charge in [-0.25, -0.2) is 9.37 Å². The molecule has 5 heteroatoms. The molecule has 1 amide bonds. The highest BCUT2D eigenvalue weighted by atomic mass is 19.1. The number of rotatable bonds is 5. The lowest BCUT2D eigenvalue weighted by atomic mass is 10.2. The first-order valence-electron chi connectivity index (χ1n) is 7.22. The normalized spacial score (nSPS) is 10.5. The third-order valence-corrected chi connectivity index (χ3v) is 3.32. The molecule has 3 aromatic rings. The highest BCUT2D eigenvalue weighted by molar-refractivity contribution is 5.78. The number of carbonyl (C=O) groups is 1. The molecule has 1 N–H and O–H groups in total. The summed E-state index contributed by atoms with van der Waals surface area (Å²) < 4.78 is 18.2. The van der Waals surface area contributed by atoms with E-state index in [0.29, 0.717) is 18.1 Å². The van der Waals surface area contributed by atoms with Gasteiger partial charge in [-0.1, -0.05) is 30.3 Å². The Morgan fingerprint density at radius 2 is 1.83 bits per heavy atom. The maximum atomic E-state index is 12.8. The molecule has 0 saturated heterocycles. The summed E-state index contributed by atoms with van der Waals surface area (Å²) in [5.41, 5.74) is 2.27. The quantitative estimate of drug-likeness (QED) is 0.786. The van der Waals surface area contributed by atoms with Gasteiger partial charge in [-0.15, -0.1) is 0 Å². The molecular formula is C18H15FN2O2. The third-order valence-electron chi connectivity index (χ3n) is 3.32. The molecule has 2 aromatic carbocycles. The average Bonchev–Trinajstić information content (AvgIpc) is 3.04. The summed E-state index contributed by atoms with van der Waals surface area (Å²) in [7, 11) is 0. The Kier molecular flexibility index (Phi) is 4.47. The predicted molar refractivity (Wildman–Crippen MR) is 83.9 cm³/mol. The van der Waals surface area contributed by atoms with Crippen molar-refractivity contribution in [3.63, 3.8) is 0 Å². The van der Waals surface area contributed by atoms with Gasteiger partial charge in [0, 0.05) is 12.1 Å². The second-order valence-electron chi connectivity index (χ2n) is 5.09. The van der Waals surface area contributed by atoms with Crippen molar-refractivity contribution < 1.29 is 13.6 Å². The van der Waals surface area contributed by atoms with E-state index in [1.54, 1.807) is 12.1 Å². The molecular weight excluding hydrogens is 295 g/mol. The van der Waals surface area contributed by atoms with E-state index in [2.05, 4.69) is 10.3 Å². The lowest BCUT2D eigenvalue weighted by Gasteiger charge is -2.03. The molecule has 23 heavy (non-hydrogen) atoms. The van der Waals surface area contributed by atoms with Crippen molar-refractivity contribution in [3.05, 3.63) is 77.9 Å². The zero-order valence-corrected chi connectivity index (χ0v) is 12.3. The van der Waals surface area contributed by atoms with Crippen molar-refractivity contribution in [2.75, 3.05) is 0 Å².